The van der Waals surface area contributed by atoms with Crippen molar-refractivity contribution < 1.29 is 8.42 Å². The van der Waals surface area contributed by atoms with Crippen LogP contribution in [0.15, 0.2) is 17.5 Å². The minimum absolute atomic E-state index is 0.0101. The number of hydrogen-bond donors (Lipinski definition) is 1. The Balaban J connectivity index is 2.15. The Hall–Kier alpha value is -0.390. The van der Waals surface area contributed by atoms with Gasteiger partial charge in [0.25, 0.3) is 0 Å². The number of nitrogens with one attached hydrogen (secondary N) is 1. The lowest BCUT2D eigenvalue weighted by Crippen LogP contribution is -2.33. The van der Waals surface area contributed by atoms with Crippen molar-refractivity contribution in [2.45, 2.75) is 45.1 Å². The summed E-state index contributed by atoms with van der Waals surface area (Å²) in [5, 5.41) is 2.02. The van der Waals surface area contributed by atoms with E-state index >= 15 is 0 Å². The molecular formula is C13H21NO2S2. The van der Waals surface area contributed by atoms with Crippen molar-refractivity contribution in [2.75, 3.05) is 5.75 Å². The van der Waals surface area contributed by atoms with Crippen molar-refractivity contribution in [3.8, 4) is 0 Å². The molecule has 102 valence electrons. The number of sulfonamides is 1. The van der Waals surface area contributed by atoms with Crippen molar-refractivity contribution in [1.29, 1.82) is 0 Å². The molecule has 1 unspecified atom stereocenters. The molecule has 2 rings (SSSR count). The van der Waals surface area contributed by atoms with E-state index in [9.17, 15) is 8.42 Å². The van der Waals surface area contributed by atoms with E-state index < -0.39 is 10.0 Å². The highest BCUT2D eigenvalue weighted by Gasteiger charge is 2.30. The predicted molar refractivity (Wildman–Crippen MR) is 76.2 cm³/mol. The average molecular weight is 287 g/mol. The molecule has 1 atom stereocenters. The van der Waals surface area contributed by atoms with Gasteiger partial charge >= 0.3 is 0 Å². The van der Waals surface area contributed by atoms with Crippen LogP contribution in [0, 0.1) is 5.92 Å². The summed E-state index contributed by atoms with van der Waals surface area (Å²) in [6.07, 6.45) is 5.38. The highest BCUT2D eigenvalue weighted by molar-refractivity contribution is 7.89. The molecule has 1 aromatic rings. The zero-order chi connectivity index (χ0) is 13.0. The Kier molecular flexibility index (Phi) is 4.81. The maximum Gasteiger partial charge on any atom is 0.212 e. The number of thiophene rings is 1. The molecule has 1 aliphatic carbocycles. The lowest BCUT2D eigenvalue weighted by atomic mass is 9.98. The van der Waals surface area contributed by atoms with Gasteiger partial charge in [0, 0.05) is 4.88 Å². The predicted octanol–water partition coefficient (Wildman–Crippen LogP) is 3.31. The first-order valence-electron chi connectivity index (χ1n) is 6.66. The fraction of sp³-hybridized carbons (Fsp3) is 0.692. The second-order valence-corrected chi connectivity index (χ2v) is 7.83. The van der Waals surface area contributed by atoms with Crippen molar-refractivity contribution >= 4 is 21.4 Å². The van der Waals surface area contributed by atoms with Gasteiger partial charge in [0.05, 0.1) is 11.8 Å². The molecule has 1 aliphatic rings. The zero-order valence-corrected chi connectivity index (χ0v) is 12.4. The van der Waals surface area contributed by atoms with Gasteiger partial charge < -0.3 is 0 Å². The summed E-state index contributed by atoms with van der Waals surface area (Å²) in [6.45, 7) is 1.90. The molecule has 1 fully saturated rings. The standard InChI is InChI=1S/C13H21NO2S2/c1-2-10-18(15,16)14-13(11-6-3-4-7-11)12-8-5-9-17-12/h5,8-9,11,13-14H,2-4,6-7,10H2,1H3. The van der Waals surface area contributed by atoms with E-state index in [4.69, 9.17) is 0 Å². The van der Waals surface area contributed by atoms with Crippen LogP contribution in [0.25, 0.3) is 0 Å². The topological polar surface area (TPSA) is 46.2 Å². The van der Waals surface area contributed by atoms with Crippen LogP contribution in [0.3, 0.4) is 0 Å². The molecule has 0 spiro atoms. The van der Waals surface area contributed by atoms with Crippen LogP contribution in [0.1, 0.15) is 49.9 Å². The summed E-state index contributed by atoms with van der Waals surface area (Å²) in [4.78, 5) is 1.15. The van der Waals surface area contributed by atoms with Gasteiger partial charge in [-0.2, -0.15) is 0 Å². The summed E-state index contributed by atoms with van der Waals surface area (Å²) in [5.74, 6) is 0.692. The first kappa shape index (κ1) is 14.0. The largest absolute Gasteiger partial charge is 0.212 e. The van der Waals surface area contributed by atoms with Crippen molar-refractivity contribution in [2.24, 2.45) is 5.92 Å². The summed E-state index contributed by atoms with van der Waals surface area (Å²) in [6, 6.07) is 4.03. The van der Waals surface area contributed by atoms with E-state index in [0.717, 1.165) is 17.7 Å². The molecule has 1 N–H and O–H groups in total. The Morgan fingerprint density at radius 3 is 2.72 bits per heavy atom. The molecule has 18 heavy (non-hydrogen) atoms. The van der Waals surface area contributed by atoms with E-state index in [1.54, 1.807) is 11.3 Å². The van der Waals surface area contributed by atoms with E-state index in [0.29, 0.717) is 12.3 Å². The third-order valence-corrected chi connectivity index (χ3v) is 6.01. The molecule has 0 aromatic carbocycles. The van der Waals surface area contributed by atoms with Crippen molar-refractivity contribution in [1.82, 2.24) is 4.72 Å². The molecule has 0 saturated heterocycles. The Morgan fingerprint density at radius 1 is 1.44 bits per heavy atom. The molecule has 0 radical (unpaired) electrons. The van der Waals surface area contributed by atoms with E-state index in [2.05, 4.69) is 4.72 Å². The minimum Gasteiger partial charge on any atom is -0.212 e. The molecular weight excluding hydrogens is 266 g/mol. The van der Waals surface area contributed by atoms with Gasteiger partial charge in [-0.05, 0) is 36.6 Å². The second-order valence-electron chi connectivity index (χ2n) is 4.97. The lowest BCUT2D eigenvalue weighted by molar-refractivity contribution is 0.415. The SMILES string of the molecule is CCCS(=O)(=O)NC(c1cccs1)C1CCCC1. The van der Waals surface area contributed by atoms with Crippen LogP contribution in [-0.2, 0) is 10.0 Å². The monoisotopic (exact) mass is 287 g/mol. The molecule has 1 heterocycles. The van der Waals surface area contributed by atoms with Gasteiger partial charge in [-0.1, -0.05) is 25.8 Å². The zero-order valence-electron chi connectivity index (χ0n) is 10.8. The number of hydrogen-bond acceptors (Lipinski definition) is 3. The molecule has 1 aromatic heterocycles. The summed E-state index contributed by atoms with van der Waals surface area (Å²) >= 11 is 1.65. The molecule has 0 bridgehead atoms. The van der Waals surface area contributed by atoms with Crippen LogP contribution in [0.5, 0.6) is 0 Å². The molecule has 1 saturated carbocycles. The van der Waals surface area contributed by atoms with E-state index in [1.165, 1.54) is 12.8 Å². The highest BCUT2D eigenvalue weighted by Crippen LogP contribution is 2.37. The van der Waals surface area contributed by atoms with Gasteiger partial charge in [0.15, 0.2) is 0 Å². The molecule has 3 nitrogen and oxygen atoms in total. The molecule has 5 heteroatoms. The van der Waals surface area contributed by atoms with Crippen molar-refractivity contribution in [3.05, 3.63) is 22.4 Å². The average Bonchev–Trinajstić information content (AvgIpc) is 2.99. The van der Waals surface area contributed by atoms with Crippen LogP contribution in [0.2, 0.25) is 0 Å². The Labute approximate surface area is 114 Å². The third kappa shape index (κ3) is 3.56. The van der Waals surface area contributed by atoms with E-state index in [1.807, 2.05) is 24.4 Å². The fourth-order valence-corrected chi connectivity index (χ4v) is 4.97. The van der Waals surface area contributed by atoms with Crippen molar-refractivity contribution in [3.63, 3.8) is 0 Å². The first-order valence-corrected chi connectivity index (χ1v) is 9.19. The maximum absolute atomic E-state index is 12.0. The summed E-state index contributed by atoms with van der Waals surface area (Å²) in [5.41, 5.74) is 0. The van der Waals surface area contributed by atoms with Gasteiger partial charge in [0.2, 0.25) is 10.0 Å². The van der Waals surface area contributed by atoms with Gasteiger partial charge in [0.1, 0.15) is 0 Å². The maximum atomic E-state index is 12.0. The smallest absolute Gasteiger partial charge is 0.212 e. The van der Waals surface area contributed by atoms with Gasteiger partial charge in [-0.3, -0.25) is 0 Å². The summed E-state index contributed by atoms with van der Waals surface area (Å²) < 4.78 is 26.9. The van der Waals surface area contributed by atoms with Crippen LogP contribution < -0.4 is 4.72 Å². The van der Waals surface area contributed by atoms with Gasteiger partial charge in [-0.25, -0.2) is 13.1 Å². The lowest BCUT2D eigenvalue weighted by Gasteiger charge is -2.23. The van der Waals surface area contributed by atoms with Crippen LogP contribution in [0.4, 0.5) is 0 Å². The highest BCUT2D eigenvalue weighted by atomic mass is 32.2. The molecule has 0 aliphatic heterocycles. The van der Waals surface area contributed by atoms with Crippen LogP contribution >= 0.6 is 11.3 Å². The van der Waals surface area contributed by atoms with E-state index in [-0.39, 0.29) is 11.8 Å². The molecule has 0 amide bonds. The Morgan fingerprint density at radius 2 is 2.17 bits per heavy atom. The second kappa shape index (κ2) is 6.17. The number of rotatable bonds is 6. The first-order chi connectivity index (χ1) is 8.62. The fourth-order valence-electron chi connectivity index (χ4n) is 2.67. The minimum atomic E-state index is -3.14. The Bertz CT molecular complexity index is 447. The van der Waals surface area contributed by atoms with Crippen LogP contribution in [-0.4, -0.2) is 14.2 Å². The normalized spacial score (nSPS) is 19.2. The van der Waals surface area contributed by atoms with Gasteiger partial charge in [-0.15, -0.1) is 11.3 Å². The third-order valence-electron chi connectivity index (χ3n) is 3.50. The summed E-state index contributed by atoms with van der Waals surface area (Å²) in [7, 11) is -3.14. The quantitative estimate of drug-likeness (QED) is 0.872.